The quantitative estimate of drug-likeness (QED) is 0.0786. The second-order valence-corrected chi connectivity index (χ2v) is 14.1. The van der Waals surface area contributed by atoms with E-state index < -0.39 is 0 Å². The minimum absolute atomic E-state index is 1.28. The van der Waals surface area contributed by atoms with Gasteiger partial charge >= 0.3 is 0 Å². The molecule has 0 N–H and O–H groups in total. The summed E-state index contributed by atoms with van der Waals surface area (Å²) in [6.07, 6.45) is 29.5. The summed E-state index contributed by atoms with van der Waals surface area (Å²) in [5.41, 5.74) is 0. The van der Waals surface area contributed by atoms with Crippen molar-refractivity contribution in [3.63, 3.8) is 0 Å². The van der Waals surface area contributed by atoms with Gasteiger partial charge < -0.3 is 0 Å². The predicted octanol–water partition coefficient (Wildman–Crippen LogP) is 13.2. The summed E-state index contributed by atoms with van der Waals surface area (Å²) in [5, 5.41) is 0. The van der Waals surface area contributed by atoms with Gasteiger partial charge in [-0.05, 0) is 54.7 Å². The SMILES string of the molecule is CCCCCCCCCSc1cc(SCCCCCCCCC)cc(SCCCCCCCCC)c1. The molecular formula is C33H60S3. The van der Waals surface area contributed by atoms with Gasteiger partial charge in [-0.25, -0.2) is 0 Å². The van der Waals surface area contributed by atoms with Gasteiger partial charge in [-0.2, -0.15) is 0 Å². The van der Waals surface area contributed by atoms with Gasteiger partial charge in [-0.1, -0.05) is 136 Å². The summed E-state index contributed by atoms with van der Waals surface area (Å²) in [6, 6.07) is 7.45. The van der Waals surface area contributed by atoms with E-state index in [9.17, 15) is 0 Å². The van der Waals surface area contributed by atoms with Crippen LogP contribution in [-0.4, -0.2) is 17.3 Å². The lowest BCUT2D eigenvalue weighted by Gasteiger charge is -2.10. The number of unbranched alkanes of at least 4 members (excludes halogenated alkanes) is 18. The number of benzene rings is 1. The van der Waals surface area contributed by atoms with Crippen LogP contribution in [0, 0.1) is 0 Å². The van der Waals surface area contributed by atoms with Gasteiger partial charge in [0.25, 0.3) is 0 Å². The summed E-state index contributed by atoms with van der Waals surface area (Å²) in [5.74, 6) is 3.84. The Labute approximate surface area is 240 Å². The molecule has 0 aliphatic carbocycles. The fourth-order valence-electron chi connectivity index (χ4n) is 4.54. The molecule has 0 nitrogen and oxygen atoms in total. The topological polar surface area (TPSA) is 0 Å². The Balaban J connectivity index is 2.40. The smallest absolute Gasteiger partial charge is 0.00942 e. The van der Waals surface area contributed by atoms with Crippen LogP contribution in [0.3, 0.4) is 0 Å². The van der Waals surface area contributed by atoms with Gasteiger partial charge in [0.05, 0.1) is 0 Å². The zero-order chi connectivity index (χ0) is 25.9. The van der Waals surface area contributed by atoms with E-state index in [-0.39, 0.29) is 0 Å². The molecule has 0 atom stereocenters. The molecule has 0 aromatic heterocycles. The Morgan fingerprint density at radius 1 is 0.333 bits per heavy atom. The van der Waals surface area contributed by atoms with Crippen molar-refractivity contribution in [3.8, 4) is 0 Å². The third kappa shape index (κ3) is 21.2. The highest BCUT2D eigenvalue weighted by Gasteiger charge is 2.05. The second-order valence-electron chi connectivity index (χ2n) is 10.5. The van der Waals surface area contributed by atoms with Crippen molar-refractivity contribution in [2.75, 3.05) is 17.3 Å². The van der Waals surface area contributed by atoms with Gasteiger partial charge in [0.1, 0.15) is 0 Å². The Morgan fingerprint density at radius 2 is 0.556 bits per heavy atom. The van der Waals surface area contributed by atoms with Crippen LogP contribution in [0.15, 0.2) is 32.9 Å². The lowest BCUT2D eigenvalue weighted by molar-refractivity contribution is 0.603. The lowest BCUT2D eigenvalue weighted by atomic mass is 10.1. The van der Waals surface area contributed by atoms with E-state index in [1.807, 2.05) is 0 Å². The van der Waals surface area contributed by atoms with Crippen LogP contribution in [0.1, 0.15) is 156 Å². The monoisotopic (exact) mass is 552 g/mol. The lowest BCUT2D eigenvalue weighted by Crippen LogP contribution is -1.88. The number of hydrogen-bond donors (Lipinski definition) is 0. The largest absolute Gasteiger partial charge is 0.126 e. The van der Waals surface area contributed by atoms with Crippen molar-refractivity contribution in [2.45, 2.75) is 170 Å². The molecule has 0 aliphatic heterocycles. The predicted molar refractivity (Wildman–Crippen MR) is 173 cm³/mol. The normalized spacial score (nSPS) is 11.4. The summed E-state index contributed by atoms with van der Waals surface area (Å²) >= 11 is 6.30. The molecule has 0 radical (unpaired) electrons. The molecule has 0 saturated heterocycles. The Morgan fingerprint density at radius 3 is 0.806 bits per heavy atom. The van der Waals surface area contributed by atoms with E-state index in [1.165, 1.54) is 167 Å². The van der Waals surface area contributed by atoms with E-state index >= 15 is 0 Å². The first-order valence-corrected chi connectivity index (χ1v) is 18.8. The average Bonchev–Trinajstić information content (AvgIpc) is 2.89. The molecule has 36 heavy (non-hydrogen) atoms. The highest BCUT2D eigenvalue weighted by molar-refractivity contribution is 8.00. The van der Waals surface area contributed by atoms with Crippen LogP contribution in [-0.2, 0) is 0 Å². The summed E-state index contributed by atoms with van der Waals surface area (Å²) in [6.45, 7) is 6.91. The molecule has 0 saturated carbocycles. The van der Waals surface area contributed by atoms with Crippen molar-refractivity contribution < 1.29 is 0 Å². The minimum Gasteiger partial charge on any atom is -0.126 e. The highest BCUT2D eigenvalue weighted by Crippen LogP contribution is 2.33. The van der Waals surface area contributed by atoms with E-state index in [0.717, 1.165) is 0 Å². The molecule has 1 aromatic carbocycles. The number of hydrogen-bond acceptors (Lipinski definition) is 3. The fraction of sp³-hybridized carbons (Fsp3) is 0.818. The first-order chi connectivity index (χ1) is 17.8. The third-order valence-electron chi connectivity index (χ3n) is 6.90. The van der Waals surface area contributed by atoms with Crippen LogP contribution in [0.5, 0.6) is 0 Å². The molecule has 0 unspecified atom stereocenters. The maximum absolute atomic E-state index is 2.48. The van der Waals surface area contributed by atoms with Crippen molar-refractivity contribution in [2.24, 2.45) is 0 Å². The Hall–Kier alpha value is 0.270. The van der Waals surface area contributed by atoms with E-state index in [2.05, 4.69) is 74.3 Å². The average molecular weight is 553 g/mol. The van der Waals surface area contributed by atoms with Crippen molar-refractivity contribution >= 4 is 35.3 Å². The van der Waals surface area contributed by atoms with Gasteiger partial charge in [-0.15, -0.1) is 35.3 Å². The molecule has 0 heterocycles. The van der Waals surface area contributed by atoms with Crippen LogP contribution in [0.2, 0.25) is 0 Å². The van der Waals surface area contributed by atoms with Crippen LogP contribution < -0.4 is 0 Å². The standard InChI is InChI=1S/C33H60S3/c1-4-7-10-13-16-19-22-25-34-31-28-32(35-26-23-20-17-14-11-8-5-2)30-33(29-31)36-27-24-21-18-15-12-9-6-3/h28-30H,4-27H2,1-3H3. The molecule has 210 valence electrons. The third-order valence-corrected chi connectivity index (χ3v) is 10.1. The van der Waals surface area contributed by atoms with E-state index in [4.69, 9.17) is 0 Å². The maximum Gasteiger partial charge on any atom is 0.00942 e. The number of rotatable bonds is 27. The molecule has 1 aromatic rings. The number of thioether (sulfide) groups is 3. The zero-order valence-corrected chi connectivity index (χ0v) is 26.9. The molecule has 0 spiro atoms. The van der Waals surface area contributed by atoms with Gasteiger partial charge in [0.15, 0.2) is 0 Å². The minimum atomic E-state index is 1.28. The van der Waals surface area contributed by atoms with Gasteiger partial charge in [0.2, 0.25) is 0 Å². The van der Waals surface area contributed by atoms with Crippen LogP contribution in [0.25, 0.3) is 0 Å². The first-order valence-electron chi connectivity index (χ1n) is 15.8. The molecular weight excluding hydrogens is 493 g/mol. The summed E-state index contributed by atoms with van der Waals surface area (Å²) in [7, 11) is 0. The van der Waals surface area contributed by atoms with Gasteiger partial charge in [-0.3, -0.25) is 0 Å². The Kier molecular flexibility index (Phi) is 25.6. The summed E-state index contributed by atoms with van der Waals surface area (Å²) in [4.78, 5) is 4.52. The van der Waals surface area contributed by atoms with Gasteiger partial charge in [0, 0.05) is 14.7 Å². The van der Waals surface area contributed by atoms with E-state index in [1.54, 1.807) is 0 Å². The van der Waals surface area contributed by atoms with Crippen LogP contribution >= 0.6 is 35.3 Å². The fourth-order valence-corrected chi connectivity index (χ4v) is 7.78. The molecule has 3 heteroatoms. The zero-order valence-electron chi connectivity index (χ0n) is 24.4. The highest BCUT2D eigenvalue weighted by atomic mass is 32.2. The molecule has 0 fully saturated rings. The van der Waals surface area contributed by atoms with Crippen molar-refractivity contribution in [1.82, 2.24) is 0 Å². The summed E-state index contributed by atoms with van der Waals surface area (Å²) < 4.78 is 0. The maximum atomic E-state index is 2.48. The molecule has 0 aliphatic rings. The Bertz CT molecular complexity index is 493. The molecule has 1 rings (SSSR count). The van der Waals surface area contributed by atoms with Crippen molar-refractivity contribution in [3.05, 3.63) is 18.2 Å². The van der Waals surface area contributed by atoms with E-state index in [0.29, 0.717) is 0 Å². The second kappa shape index (κ2) is 26.9. The molecule has 0 bridgehead atoms. The first kappa shape index (κ1) is 34.3. The molecule has 0 amide bonds. The van der Waals surface area contributed by atoms with Crippen LogP contribution in [0.4, 0.5) is 0 Å². The van der Waals surface area contributed by atoms with Crippen molar-refractivity contribution in [1.29, 1.82) is 0 Å².